The lowest BCUT2D eigenvalue weighted by Gasteiger charge is -2.10. The molecule has 0 aliphatic rings. The molecule has 0 fully saturated rings. The molecule has 8 aromatic carbocycles. The lowest BCUT2D eigenvalue weighted by Crippen LogP contribution is -2.00. The van der Waals surface area contributed by atoms with Crippen molar-refractivity contribution in [3.05, 3.63) is 164 Å². The van der Waals surface area contributed by atoms with Crippen LogP contribution in [0.5, 0.6) is 0 Å². The number of rotatable bonds is 4. The van der Waals surface area contributed by atoms with Crippen molar-refractivity contribution in [1.29, 1.82) is 0 Å². The fourth-order valence-corrected chi connectivity index (χ4v) is 7.56. The summed E-state index contributed by atoms with van der Waals surface area (Å²) in [5, 5.41) is 8.75. The first-order valence-electron chi connectivity index (χ1n) is 17.3. The average molecular weight is 666 g/mol. The minimum Gasteiger partial charge on any atom is -0.456 e. The Morgan fingerprint density at radius 2 is 0.904 bits per heavy atom. The Morgan fingerprint density at radius 3 is 1.73 bits per heavy atom. The maximum atomic E-state index is 6.55. The minimum absolute atomic E-state index is 0.543. The summed E-state index contributed by atoms with van der Waals surface area (Å²) in [5.41, 5.74) is 7.98. The molecule has 0 saturated carbocycles. The highest BCUT2D eigenvalue weighted by Gasteiger charge is 2.21. The van der Waals surface area contributed by atoms with Gasteiger partial charge in [0.15, 0.2) is 17.5 Å². The van der Waals surface area contributed by atoms with Crippen LogP contribution in [0.25, 0.3) is 111 Å². The van der Waals surface area contributed by atoms with Gasteiger partial charge in [0.25, 0.3) is 0 Å². The Bertz CT molecular complexity index is 3210. The summed E-state index contributed by atoms with van der Waals surface area (Å²) in [4.78, 5) is 15.5. The van der Waals surface area contributed by atoms with Crippen LogP contribution < -0.4 is 0 Å². The van der Waals surface area contributed by atoms with E-state index in [1.54, 1.807) is 0 Å². The van der Waals surface area contributed by atoms with Crippen LogP contribution in [0.3, 0.4) is 0 Å². The molecule has 0 radical (unpaired) electrons. The Labute approximate surface area is 297 Å². The van der Waals surface area contributed by atoms with Crippen LogP contribution in [-0.4, -0.2) is 15.0 Å². The monoisotopic (exact) mass is 665 g/mol. The largest absolute Gasteiger partial charge is 0.456 e. The Kier molecular flexibility index (Phi) is 6.18. The molecule has 0 spiro atoms. The van der Waals surface area contributed by atoms with Gasteiger partial charge in [-0.1, -0.05) is 121 Å². The summed E-state index contributed by atoms with van der Waals surface area (Å²) in [6.45, 7) is 0. The molecule has 11 aromatic rings. The van der Waals surface area contributed by atoms with E-state index in [0.717, 1.165) is 82.5 Å². The third kappa shape index (κ3) is 4.53. The average Bonchev–Trinajstić information content (AvgIpc) is 3.78. The highest BCUT2D eigenvalue weighted by Crippen LogP contribution is 2.40. The first-order chi connectivity index (χ1) is 25.7. The Morgan fingerprint density at radius 1 is 0.327 bits per heavy atom. The number of para-hydroxylation sites is 2. The molecule has 0 saturated heterocycles. The van der Waals surface area contributed by atoms with Gasteiger partial charge in [-0.05, 0) is 75.1 Å². The number of aromatic nitrogens is 3. The van der Waals surface area contributed by atoms with Crippen LogP contribution in [0.1, 0.15) is 0 Å². The molecule has 0 aliphatic heterocycles. The predicted molar refractivity (Wildman–Crippen MR) is 211 cm³/mol. The van der Waals surface area contributed by atoms with Gasteiger partial charge in [-0.3, -0.25) is 0 Å². The van der Waals surface area contributed by atoms with Crippen molar-refractivity contribution in [1.82, 2.24) is 15.0 Å². The maximum Gasteiger partial charge on any atom is 0.167 e. The van der Waals surface area contributed by atoms with Crippen molar-refractivity contribution in [2.24, 2.45) is 0 Å². The van der Waals surface area contributed by atoms with Crippen molar-refractivity contribution in [3.8, 4) is 45.3 Å². The van der Waals surface area contributed by atoms with E-state index in [2.05, 4.69) is 121 Å². The zero-order valence-electron chi connectivity index (χ0n) is 27.7. The molecular weight excluding hydrogens is 639 g/mol. The minimum atomic E-state index is 0.543. The maximum absolute atomic E-state index is 6.55. The molecule has 3 heterocycles. The number of hydrogen-bond acceptors (Lipinski definition) is 5. The number of furan rings is 2. The molecule has 0 N–H and O–H groups in total. The molecule has 0 atom stereocenters. The second-order valence-corrected chi connectivity index (χ2v) is 13.2. The predicted octanol–water partition coefficient (Wildman–Crippen LogP) is 12.6. The van der Waals surface area contributed by atoms with Crippen molar-refractivity contribution in [2.75, 3.05) is 0 Å². The summed E-state index contributed by atoms with van der Waals surface area (Å²) in [6.07, 6.45) is 0. The van der Waals surface area contributed by atoms with Gasteiger partial charge in [0, 0.05) is 32.7 Å². The second-order valence-electron chi connectivity index (χ2n) is 13.2. The standard InChI is InChI=1S/C47H27N3O2/c1-3-11-30-25-32(21-19-28(30)9-1)33-23-24-37-42(27-33)51-41-18-8-15-38(43(37)41)46-48-45(34-22-20-29-10-2-4-12-31(29)26-34)49-47(50-46)39-16-7-14-36-35-13-5-6-17-40(35)52-44(36)39/h1-27H. The lowest BCUT2D eigenvalue weighted by atomic mass is 9.99. The molecule has 0 amide bonds. The SMILES string of the molecule is c1ccc2cc(-c3ccc4c(c3)oc3cccc(-c5nc(-c6ccc7ccccc7c6)nc(-c6cccc7c6oc6ccccc67)n5)c34)ccc2c1. The summed E-state index contributed by atoms with van der Waals surface area (Å²) >= 11 is 0. The third-order valence-electron chi connectivity index (χ3n) is 10.1. The van der Waals surface area contributed by atoms with Gasteiger partial charge in [0.1, 0.15) is 22.3 Å². The summed E-state index contributed by atoms with van der Waals surface area (Å²) in [7, 11) is 0. The van der Waals surface area contributed by atoms with Crippen LogP contribution in [-0.2, 0) is 0 Å². The van der Waals surface area contributed by atoms with Gasteiger partial charge in [-0.15, -0.1) is 0 Å². The van der Waals surface area contributed by atoms with E-state index in [1.165, 1.54) is 10.8 Å². The van der Waals surface area contributed by atoms with Crippen molar-refractivity contribution in [2.45, 2.75) is 0 Å². The third-order valence-corrected chi connectivity index (χ3v) is 10.1. The number of nitrogens with zero attached hydrogens (tertiary/aromatic N) is 3. The Balaban J connectivity index is 1.13. The molecule has 0 unspecified atom stereocenters. The van der Waals surface area contributed by atoms with Crippen LogP contribution in [0, 0.1) is 0 Å². The second kappa shape index (κ2) is 11.2. The summed E-state index contributed by atoms with van der Waals surface area (Å²) in [6, 6.07) is 56.4. The van der Waals surface area contributed by atoms with Crippen molar-refractivity contribution >= 4 is 65.4 Å². The highest BCUT2D eigenvalue weighted by molar-refractivity contribution is 6.13. The molecule has 5 nitrogen and oxygen atoms in total. The van der Waals surface area contributed by atoms with Crippen molar-refractivity contribution in [3.63, 3.8) is 0 Å². The molecule has 11 rings (SSSR count). The van der Waals surface area contributed by atoms with Gasteiger partial charge in [-0.2, -0.15) is 0 Å². The number of hydrogen-bond donors (Lipinski definition) is 0. The zero-order valence-corrected chi connectivity index (χ0v) is 27.7. The van der Waals surface area contributed by atoms with E-state index in [0.29, 0.717) is 17.5 Å². The number of benzene rings is 8. The first kappa shape index (κ1) is 28.7. The fraction of sp³-hybridized carbons (Fsp3) is 0. The molecule has 3 aromatic heterocycles. The molecule has 52 heavy (non-hydrogen) atoms. The summed E-state index contributed by atoms with van der Waals surface area (Å²) < 4.78 is 13.0. The molecule has 5 heteroatoms. The zero-order chi connectivity index (χ0) is 34.2. The van der Waals surface area contributed by atoms with Gasteiger partial charge >= 0.3 is 0 Å². The quantitative estimate of drug-likeness (QED) is 0.187. The Hall–Kier alpha value is -7.11. The van der Waals surface area contributed by atoms with E-state index < -0.39 is 0 Å². The van der Waals surface area contributed by atoms with Gasteiger partial charge in [0.2, 0.25) is 0 Å². The molecular formula is C47H27N3O2. The van der Waals surface area contributed by atoms with Crippen LogP contribution >= 0.6 is 0 Å². The van der Waals surface area contributed by atoms with Gasteiger partial charge in [-0.25, -0.2) is 15.0 Å². The highest BCUT2D eigenvalue weighted by atomic mass is 16.3. The molecule has 242 valence electrons. The lowest BCUT2D eigenvalue weighted by molar-refractivity contribution is 0.668. The fourth-order valence-electron chi connectivity index (χ4n) is 7.56. The first-order valence-corrected chi connectivity index (χ1v) is 17.3. The van der Waals surface area contributed by atoms with E-state index in [4.69, 9.17) is 23.8 Å². The van der Waals surface area contributed by atoms with E-state index >= 15 is 0 Å². The van der Waals surface area contributed by atoms with Crippen molar-refractivity contribution < 1.29 is 8.83 Å². The van der Waals surface area contributed by atoms with Gasteiger partial charge < -0.3 is 8.83 Å². The number of fused-ring (bicyclic) bond motifs is 8. The van der Waals surface area contributed by atoms with Crippen LogP contribution in [0.2, 0.25) is 0 Å². The van der Waals surface area contributed by atoms with Crippen LogP contribution in [0.4, 0.5) is 0 Å². The topological polar surface area (TPSA) is 65.0 Å². The van der Waals surface area contributed by atoms with Crippen LogP contribution in [0.15, 0.2) is 173 Å². The van der Waals surface area contributed by atoms with E-state index in [9.17, 15) is 0 Å². The normalized spacial score (nSPS) is 11.8. The summed E-state index contributed by atoms with van der Waals surface area (Å²) in [5.74, 6) is 1.69. The van der Waals surface area contributed by atoms with E-state index in [1.807, 2.05) is 42.5 Å². The van der Waals surface area contributed by atoms with Gasteiger partial charge in [0.05, 0.1) is 5.56 Å². The molecule has 0 bridgehead atoms. The smallest absolute Gasteiger partial charge is 0.167 e. The van der Waals surface area contributed by atoms with E-state index in [-0.39, 0.29) is 0 Å². The molecule has 0 aliphatic carbocycles.